The topological polar surface area (TPSA) is 95.5 Å². The van der Waals surface area contributed by atoms with E-state index in [0.29, 0.717) is 18.4 Å². The van der Waals surface area contributed by atoms with E-state index in [1.54, 1.807) is 43.8 Å². The van der Waals surface area contributed by atoms with Crippen molar-refractivity contribution in [3.05, 3.63) is 35.4 Å². The summed E-state index contributed by atoms with van der Waals surface area (Å²) in [7, 11) is 0. The summed E-state index contributed by atoms with van der Waals surface area (Å²) in [6.07, 6.45) is 2.76. The molecule has 26 heavy (non-hydrogen) atoms. The molecule has 7 heteroatoms. The molecule has 0 fully saturated rings. The standard InChI is InChI=1S/C19H28N2O4S/c1-13-6-5-7-14(12-13)16(22)21-15(8-11-26-4)17(23)20-10-9-19(2,3)18(24)25/h5-7,12,15H,8-11H2,1-4H3,(H,20,23)(H,21,22)(H,24,25). The fourth-order valence-electron chi connectivity index (χ4n) is 2.26. The van der Waals surface area contributed by atoms with Crippen LogP contribution in [0.2, 0.25) is 0 Å². The van der Waals surface area contributed by atoms with Crippen molar-refractivity contribution in [2.75, 3.05) is 18.6 Å². The molecule has 0 aromatic heterocycles. The highest BCUT2D eigenvalue weighted by Crippen LogP contribution is 2.19. The monoisotopic (exact) mass is 380 g/mol. The number of benzene rings is 1. The molecular formula is C19H28N2O4S. The van der Waals surface area contributed by atoms with E-state index in [2.05, 4.69) is 10.6 Å². The normalized spacial score (nSPS) is 12.3. The second kappa shape index (κ2) is 10.2. The lowest BCUT2D eigenvalue weighted by Crippen LogP contribution is -2.47. The number of hydrogen-bond acceptors (Lipinski definition) is 4. The molecule has 1 aromatic rings. The molecule has 0 heterocycles. The van der Waals surface area contributed by atoms with E-state index in [0.717, 1.165) is 11.3 Å². The molecule has 2 amide bonds. The number of amides is 2. The van der Waals surface area contributed by atoms with E-state index in [1.807, 2.05) is 19.2 Å². The Morgan fingerprint density at radius 1 is 1.27 bits per heavy atom. The van der Waals surface area contributed by atoms with Gasteiger partial charge in [-0.15, -0.1) is 0 Å². The van der Waals surface area contributed by atoms with Gasteiger partial charge in [-0.05, 0) is 57.8 Å². The number of thioether (sulfide) groups is 1. The van der Waals surface area contributed by atoms with Crippen LogP contribution < -0.4 is 10.6 Å². The predicted molar refractivity (Wildman–Crippen MR) is 104 cm³/mol. The Hall–Kier alpha value is -2.02. The highest BCUT2D eigenvalue weighted by Gasteiger charge is 2.27. The van der Waals surface area contributed by atoms with Crippen molar-refractivity contribution in [1.29, 1.82) is 0 Å². The van der Waals surface area contributed by atoms with E-state index >= 15 is 0 Å². The van der Waals surface area contributed by atoms with Gasteiger partial charge in [-0.3, -0.25) is 14.4 Å². The summed E-state index contributed by atoms with van der Waals surface area (Å²) in [6, 6.07) is 6.53. The molecule has 0 aliphatic carbocycles. The molecule has 0 aliphatic rings. The van der Waals surface area contributed by atoms with Crippen LogP contribution in [0.1, 0.15) is 42.6 Å². The van der Waals surface area contributed by atoms with Crippen LogP contribution in [0.4, 0.5) is 0 Å². The summed E-state index contributed by atoms with van der Waals surface area (Å²) >= 11 is 1.60. The number of aliphatic carboxylic acids is 1. The Kier molecular flexibility index (Phi) is 8.65. The minimum atomic E-state index is -0.910. The molecule has 0 bridgehead atoms. The zero-order chi connectivity index (χ0) is 19.7. The minimum absolute atomic E-state index is 0.244. The average Bonchev–Trinajstić information content (AvgIpc) is 2.57. The van der Waals surface area contributed by atoms with E-state index in [1.165, 1.54) is 0 Å². The van der Waals surface area contributed by atoms with E-state index in [9.17, 15) is 14.4 Å². The van der Waals surface area contributed by atoms with Crippen LogP contribution in [0.15, 0.2) is 24.3 Å². The lowest BCUT2D eigenvalue weighted by atomic mass is 9.89. The van der Waals surface area contributed by atoms with Crippen LogP contribution >= 0.6 is 11.8 Å². The number of aryl methyl sites for hydroxylation is 1. The van der Waals surface area contributed by atoms with Crippen molar-refractivity contribution in [3.63, 3.8) is 0 Å². The van der Waals surface area contributed by atoms with E-state index < -0.39 is 17.4 Å². The van der Waals surface area contributed by atoms with Crippen LogP contribution in [0.3, 0.4) is 0 Å². The number of rotatable bonds is 10. The maximum absolute atomic E-state index is 12.5. The highest BCUT2D eigenvalue weighted by molar-refractivity contribution is 7.98. The van der Waals surface area contributed by atoms with Gasteiger partial charge in [0.05, 0.1) is 5.41 Å². The first-order chi connectivity index (χ1) is 12.2. The van der Waals surface area contributed by atoms with Gasteiger partial charge in [0, 0.05) is 12.1 Å². The molecule has 0 radical (unpaired) electrons. The van der Waals surface area contributed by atoms with Crippen LogP contribution in [0, 0.1) is 12.3 Å². The quantitative estimate of drug-likeness (QED) is 0.579. The van der Waals surface area contributed by atoms with Gasteiger partial charge >= 0.3 is 5.97 Å². The van der Waals surface area contributed by atoms with Crippen molar-refractivity contribution in [2.45, 2.75) is 39.7 Å². The number of nitrogens with one attached hydrogen (secondary N) is 2. The molecule has 1 atom stereocenters. The van der Waals surface area contributed by atoms with Gasteiger partial charge in [0.15, 0.2) is 0 Å². The number of hydrogen-bond donors (Lipinski definition) is 3. The molecule has 1 rings (SSSR count). The van der Waals surface area contributed by atoms with Gasteiger partial charge in [0.2, 0.25) is 5.91 Å². The summed E-state index contributed by atoms with van der Waals surface area (Å²) in [5, 5.41) is 14.7. The first-order valence-electron chi connectivity index (χ1n) is 8.55. The molecule has 0 saturated heterocycles. The zero-order valence-corrected chi connectivity index (χ0v) is 16.6. The molecule has 3 N–H and O–H groups in total. The second-order valence-electron chi connectivity index (χ2n) is 6.91. The first-order valence-corrected chi connectivity index (χ1v) is 9.94. The van der Waals surface area contributed by atoms with Gasteiger partial charge in [-0.1, -0.05) is 17.7 Å². The third-order valence-corrected chi connectivity index (χ3v) is 4.78. The minimum Gasteiger partial charge on any atom is -0.481 e. The van der Waals surface area contributed by atoms with Crippen LogP contribution in [0.25, 0.3) is 0 Å². The van der Waals surface area contributed by atoms with Crippen LogP contribution in [0.5, 0.6) is 0 Å². The molecule has 0 saturated carbocycles. The molecule has 6 nitrogen and oxygen atoms in total. The Bertz CT molecular complexity index is 646. The molecule has 1 aromatic carbocycles. The SMILES string of the molecule is CSCCC(NC(=O)c1cccc(C)c1)C(=O)NCCC(C)(C)C(=O)O. The molecule has 1 unspecified atom stereocenters. The molecule has 0 spiro atoms. The van der Waals surface area contributed by atoms with Crippen molar-refractivity contribution in [3.8, 4) is 0 Å². The van der Waals surface area contributed by atoms with Crippen molar-refractivity contribution >= 4 is 29.5 Å². The number of carbonyl (C=O) groups is 3. The Morgan fingerprint density at radius 2 is 1.96 bits per heavy atom. The lowest BCUT2D eigenvalue weighted by molar-refractivity contribution is -0.147. The maximum atomic E-state index is 12.5. The fourth-order valence-corrected chi connectivity index (χ4v) is 2.73. The van der Waals surface area contributed by atoms with Crippen LogP contribution in [-0.2, 0) is 9.59 Å². The molecule has 0 aliphatic heterocycles. The Morgan fingerprint density at radius 3 is 2.54 bits per heavy atom. The lowest BCUT2D eigenvalue weighted by Gasteiger charge is -2.21. The van der Waals surface area contributed by atoms with Gasteiger partial charge in [0.25, 0.3) is 5.91 Å². The third-order valence-electron chi connectivity index (χ3n) is 4.14. The summed E-state index contributed by atoms with van der Waals surface area (Å²) in [6.45, 7) is 5.38. The van der Waals surface area contributed by atoms with E-state index in [-0.39, 0.29) is 18.4 Å². The predicted octanol–water partition coefficient (Wildman–Crippen LogP) is 2.46. The second-order valence-corrected chi connectivity index (χ2v) is 7.89. The third kappa shape index (κ3) is 7.07. The summed E-state index contributed by atoms with van der Waals surface area (Å²) < 4.78 is 0. The number of carboxylic acid groups (broad SMARTS) is 1. The first kappa shape index (κ1) is 22.0. The Balaban J connectivity index is 2.68. The molecule has 144 valence electrons. The van der Waals surface area contributed by atoms with Gasteiger partial charge in [-0.25, -0.2) is 0 Å². The fraction of sp³-hybridized carbons (Fsp3) is 0.526. The van der Waals surface area contributed by atoms with Gasteiger partial charge < -0.3 is 15.7 Å². The highest BCUT2D eigenvalue weighted by atomic mass is 32.2. The number of carbonyl (C=O) groups excluding carboxylic acids is 2. The molecular weight excluding hydrogens is 352 g/mol. The zero-order valence-electron chi connectivity index (χ0n) is 15.8. The van der Waals surface area contributed by atoms with E-state index in [4.69, 9.17) is 5.11 Å². The summed E-state index contributed by atoms with van der Waals surface area (Å²) in [5.41, 5.74) is 0.574. The largest absolute Gasteiger partial charge is 0.481 e. The Labute approximate surface area is 159 Å². The van der Waals surface area contributed by atoms with Gasteiger partial charge in [-0.2, -0.15) is 11.8 Å². The summed E-state index contributed by atoms with van der Waals surface area (Å²) in [4.78, 5) is 36.0. The van der Waals surface area contributed by atoms with Crippen molar-refractivity contribution in [1.82, 2.24) is 10.6 Å². The smallest absolute Gasteiger partial charge is 0.309 e. The summed E-state index contributed by atoms with van der Waals surface area (Å²) in [5.74, 6) is -0.757. The van der Waals surface area contributed by atoms with Crippen molar-refractivity contribution in [2.24, 2.45) is 5.41 Å². The number of carboxylic acids is 1. The van der Waals surface area contributed by atoms with Gasteiger partial charge in [0.1, 0.15) is 6.04 Å². The average molecular weight is 381 g/mol. The van der Waals surface area contributed by atoms with Crippen LogP contribution in [-0.4, -0.2) is 47.5 Å². The van der Waals surface area contributed by atoms with Crippen molar-refractivity contribution < 1.29 is 19.5 Å². The maximum Gasteiger partial charge on any atom is 0.309 e.